The summed E-state index contributed by atoms with van der Waals surface area (Å²) in [5.41, 5.74) is 2.54. The molecule has 7 nitrogen and oxygen atoms in total. The maximum atomic E-state index is 11.7. The Morgan fingerprint density at radius 3 is 2.59 bits per heavy atom. The van der Waals surface area contributed by atoms with E-state index in [-0.39, 0.29) is 24.8 Å². The number of rotatable bonds is 9. The van der Waals surface area contributed by atoms with Crippen molar-refractivity contribution in [2.45, 2.75) is 39.2 Å². The Morgan fingerprint density at radius 1 is 1.32 bits per heavy atom. The number of nitrogens with zero attached hydrogens (tertiary/aromatic N) is 1. The number of aryl methyl sites for hydroxylation is 1. The molecule has 1 aromatic rings. The van der Waals surface area contributed by atoms with E-state index >= 15 is 0 Å². The van der Waals surface area contributed by atoms with Crippen molar-refractivity contribution >= 4 is 29.1 Å². The van der Waals surface area contributed by atoms with Gasteiger partial charge in [0.25, 0.3) is 0 Å². The van der Waals surface area contributed by atoms with Crippen LogP contribution >= 0.6 is 11.3 Å². The normalized spacial score (nSPS) is 12.0. The van der Waals surface area contributed by atoms with Crippen LogP contribution in [0.2, 0.25) is 0 Å². The van der Waals surface area contributed by atoms with Crippen LogP contribution in [-0.2, 0) is 20.8 Å². The number of carboxylic acids is 1. The lowest BCUT2D eigenvalue weighted by molar-refractivity contribution is -0.142. The van der Waals surface area contributed by atoms with Crippen LogP contribution in [0, 0.1) is 5.92 Å². The highest BCUT2D eigenvalue weighted by Crippen LogP contribution is 2.05. The molecule has 0 aliphatic heterocycles. The minimum Gasteiger partial charge on any atom is -0.480 e. The van der Waals surface area contributed by atoms with Crippen LogP contribution in [-0.4, -0.2) is 40.5 Å². The first kappa shape index (κ1) is 18.1. The van der Waals surface area contributed by atoms with Crippen molar-refractivity contribution in [2.24, 2.45) is 5.92 Å². The molecule has 1 heterocycles. The van der Waals surface area contributed by atoms with Crippen LogP contribution in [0.5, 0.6) is 0 Å². The first-order valence-electron chi connectivity index (χ1n) is 7.04. The number of carboxylic acid groups (broad SMARTS) is 1. The molecule has 3 N–H and O–H groups in total. The summed E-state index contributed by atoms with van der Waals surface area (Å²) in [5.74, 6) is -1.69. The fraction of sp³-hybridized carbons (Fsp3) is 0.571. The number of aromatic nitrogens is 1. The third kappa shape index (κ3) is 7.16. The van der Waals surface area contributed by atoms with Crippen molar-refractivity contribution in [2.75, 3.05) is 6.54 Å². The molecule has 0 spiro atoms. The van der Waals surface area contributed by atoms with Crippen molar-refractivity contribution < 1.29 is 19.5 Å². The van der Waals surface area contributed by atoms with Gasteiger partial charge in [-0.15, -0.1) is 11.3 Å². The molecule has 2 amide bonds. The second-order valence-corrected chi connectivity index (χ2v) is 6.06. The van der Waals surface area contributed by atoms with Gasteiger partial charge in [0.05, 0.1) is 17.7 Å². The van der Waals surface area contributed by atoms with Crippen LogP contribution in [0.3, 0.4) is 0 Å². The molecule has 1 aromatic heterocycles. The average molecular weight is 327 g/mol. The Bertz CT molecular complexity index is 502. The number of aliphatic carboxylic acids is 1. The number of thiazole rings is 1. The summed E-state index contributed by atoms with van der Waals surface area (Å²) in [6.45, 7) is 3.53. The number of carbonyl (C=O) groups is 3. The third-order valence-electron chi connectivity index (χ3n) is 2.88. The molecule has 0 fully saturated rings. The summed E-state index contributed by atoms with van der Waals surface area (Å²) in [5, 5.41) is 15.8. The smallest absolute Gasteiger partial charge is 0.326 e. The first-order valence-corrected chi connectivity index (χ1v) is 7.98. The quantitative estimate of drug-likeness (QED) is 0.622. The van der Waals surface area contributed by atoms with Gasteiger partial charge in [0, 0.05) is 11.8 Å². The molecule has 1 rings (SSSR count). The van der Waals surface area contributed by atoms with Gasteiger partial charge >= 0.3 is 5.97 Å². The highest BCUT2D eigenvalue weighted by Gasteiger charge is 2.21. The number of amides is 2. The van der Waals surface area contributed by atoms with E-state index in [0.717, 1.165) is 5.69 Å². The molecule has 0 radical (unpaired) electrons. The first-order chi connectivity index (χ1) is 10.4. The van der Waals surface area contributed by atoms with E-state index in [1.54, 1.807) is 5.51 Å². The van der Waals surface area contributed by atoms with Gasteiger partial charge < -0.3 is 15.7 Å². The van der Waals surface area contributed by atoms with Gasteiger partial charge in [-0.25, -0.2) is 9.78 Å². The minimum atomic E-state index is -1.07. The Labute approximate surface area is 133 Å². The number of hydrogen-bond acceptors (Lipinski definition) is 5. The van der Waals surface area contributed by atoms with Crippen LogP contribution in [0.1, 0.15) is 32.4 Å². The van der Waals surface area contributed by atoms with Gasteiger partial charge in [0.15, 0.2) is 0 Å². The summed E-state index contributed by atoms with van der Waals surface area (Å²) in [4.78, 5) is 38.4. The van der Waals surface area contributed by atoms with Crippen molar-refractivity contribution in [3.63, 3.8) is 0 Å². The lowest BCUT2D eigenvalue weighted by Gasteiger charge is -2.16. The highest BCUT2D eigenvalue weighted by molar-refractivity contribution is 7.07. The van der Waals surface area contributed by atoms with Gasteiger partial charge in [-0.2, -0.15) is 0 Å². The molecule has 0 saturated heterocycles. The van der Waals surface area contributed by atoms with E-state index in [1.807, 2.05) is 19.2 Å². The fourth-order valence-electron chi connectivity index (χ4n) is 1.81. The summed E-state index contributed by atoms with van der Waals surface area (Å²) in [6, 6.07) is -0.931. The molecule has 22 heavy (non-hydrogen) atoms. The van der Waals surface area contributed by atoms with Crippen molar-refractivity contribution in [1.29, 1.82) is 0 Å². The Balaban J connectivity index is 2.28. The fourth-order valence-corrected chi connectivity index (χ4v) is 2.40. The second kappa shape index (κ2) is 9.14. The number of hydrogen-bond donors (Lipinski definition) is 3. The predicted molar refractivity (Wildman–Crippen MR) is 82.5 cm³/mol. The summed E-state index contributed by atoms with van der Waals surface area (Å²) < 4.78 is 0. The summed E-state index contributed by atoms with van der Waals surface area (Å²) in [7, 11) is 0. The predicted octanol–water partition coefficient (Wildman–Crippen LogP) is 0.807. The Kier molecular flexibility index (Phi) is 7.51. The average Bonchev–Trinajstić information content (AvgIpc) is 2.94. The Morgan fingerprint density at radius 2 is 2.05 bits per heavy atom. The van der Waals surface area contributed by atoms with Gasteiger partial charge in [0.2, 0.25) is 11.8 Å². The lowest BCUT2D eigenvalue weighted by atomic mass is 10.0. The lowest BCUT2D eigenvalue weighted by Crippen LogP contribution is -2.46. The zero-order valence-electron chi connectivity index (χ0n) is 12.7. The van der Waals surface area contributed by atoms with E-state index < -0.39 is 17.9 Å². The number of carbonyl (C=O) groups excluding carboxylic acids is 2. The van der Waals surface area contributed by atoms with E-state index in [4.69, 9.17) is 5.11 Å². The van der Waals surface area contributed by atoms with Crippen molar-refractivity contribution in [1.82, 2.24) is 15.6 Å². The summed E-state index contributed by atoms with van der Waals surface area (Å²) in [6.07, 6.45) is 1.10. The molecular weight excluding hydrogens is 306 g/mol. The van der Waals surface area contributed by atoms with Crippen molar-refractivity contribution in [3.05, 3.63) is 16.6 Å². The van der Waals surface area contributed by atoms with Crippen LogP contribution < -0.4 is 10.6 Å². The largest absolute Gasteiger partial charge is 0.480 e. The van der Waals surface area contributed by atoms with Crippen LogP contribution in [0.4, 0.5) is 0 Å². The van der Waals surface area contributed by atoms with Crippen molar-refractivity contribution in [3.8, 4) is 0 Å². The summed E-state index contributed by atoms with van der Waals surface area (Å²) >= 11 is 1.46. The number of nitrogens with one attached hydrogen (secondary N) is 2. The zero-order valence-corrected chi connectivity index (χ0v) is 13.5. The van der Waals surface area contributed by atoms with Gasteiger partial charge in [-0.05, 0) is 18.8 Å². The zero-order chi connectivity index (χ0) is 16.5. The van der Waals surface area contributed by atoms with Crippen LogP contribution in [0.25, 0.3) is 0 Å². The standard InChI is InChI=1S/C14H21N3O4S/c1-9(2)5-11(14(20)21)17-13(19)6-15-12(18)4-3-10-7-22-8-16-10/h7-9,11H,3-6H2,1-2H3,(H,15,18)(H,17,19)(H,20,21)/t11-/m0/s1. The van der Waals surface area contributed by atoms with E-state index in [2.05, 4.69) is 15.6 Å². The molecule has 0 unspecified atom stereocenters. The SMILES string of the molecule is CC(C)C[C@H](NC(=O)CNC(=O)CCc1cscn1)C(=O)O. The minimum absolute atomic E-state index is 0.147. The molecular formula is C14H21N3O4S. The highest BCUT2D eigenvalue weighted by atomic mass is 32.1. The maximum Gasteiger partial charge on any atom is 0.326 e. The molecule has 0 saturated carbocycles. The van der Waals surface area contributed by atoms with Gasteiger partial charge in [-0.3, -0.25) is 9.59 Å². The molecule has 1 atom stereocenters. The molecule has 0 aliphatic carbocycles. The molecule has 122 valence electrons. The van der Waals surface area contributed by atoms with Crippen LogP contribution in [0.15, 0.2) is 10.9 Å². The maximum absolute atomic E-state index is 11.7. The monoisotopic (exact) mass is 327 g/mol. The Hall–Kier alpha value is -1.96. The second-order valence-electron chi connectivity index (χ2n) is 5.34. The third-order valence-corrected chi connectivity index (χ3v) is 3.51. The topological polar surface area (TPSA) is 108 Å². The van der Waals surface area contributed by atoms with E-state index in [0.29, 0.717) is 12.8 Å². The molecule has 0 aliphatic rings. The molecule has 0 aromatic carbocycles. The van der Waals surface area contributed by atoms with Gasteiger partial charge in [-0.1, -0.05) is 13.8 Å². The van der Waals surface area contributed by atoms with E-state index in [1.165, 1.54) is 11.3 Å². The molecule has 0 bridgehead atoms. The van der Waals surface area contributed by atoms with E-state index in [9.17, 15) is 14.4 Å². The molecule has 8 heteroatoms. The van der Waals surface area contributed by atoms with Gasteiger partial charge in [0.1, 0.15) is 6.04 Å².